The predicted octanol–water partition coefficient (Wildman–Crippen LogP) is 4.90. The summed E-state index contributed by atoms with van der Waals surface area (Å²) in [4.78, 5) is 11.6. The lowest BCUT2D eigenvalue weighted by Gasteiger charge is -2.19. The lowest BCUT2D eigenvalue weighted by Crippen LogP contribution is -2.19. The van der Waals surface area contributed by atoms with Crippen LogP contribution in [-0.4, -0.2) is 5.91 Å². The smallest absolute Gasteiger partial charge is 0.224 e. The number of aryl methyl sites for hydroxylation is 1. The summed E-state index contributed by atoms with van der Waals surface area (Å²) in [6, 6.07) is 14.2. The number of amides is 1. The number of nitrogens with one attached hydrogen (secondary N) is 1. The van der Waals surface area contributed by atoms with Gasteiger partial charge in [-0.3, -0.25) is 4.79 Å². The summed E-state index contributed by atoms with van der Waals surface area (Å²) < 4.78 is 0. The monoisotopic (exact) mass is 363 g/mol. The van der Waals surface area contributed by atoms with E-state index < -0.39 is 0 Å². The van der Waals surface area contributed by atoms with Crippen LogP contribution in [-0.2, 0) is 17.6 Å². The number of alkyl halides is 1. The van der Waals surface area contributed by atoms with Gasteiger partial charge >= 0.3 is 0 Å². The summed E-state index contributed by atoms with van der Waals surface area (Å²) in [5.41, 5.74) is 4.58. The molecule has 0 saturated carbocycles. The van der Waals surface area contributed by atoms with Gasteiger partial charge in [-0.05, 0) is 47.7 Å². The summed E-state index contributed by atoms with van der Waals surface area (Å²) in [5.74, 6) is 0.101. The van der Waals surface area contributed by atoms with E-state index in [1.165, 1.54) is 16.7 Å². The van der Waals surface area contributed by atoms with Crippen molar-refractivity contribution >= 4 is 39.1 Å². The predicted molar refractivity (Wildman–Crippen MR) is 90.2 cm³/mol. The Bertz CT molecular complexity index is 686. The molecular formula is C17H15BrClNO. The fourth-order valence-corrected chi connectivity index (χ4v) is 3.46. The number of rotatable bonds is 3. The van der Waals surface area contributed by atoms with Crippen LogP contribution >= 0.6 is 27.5 Å². The molecule has 21 heavy (non-hydrogen) atoms. The maximum Gasteiger partial charge on any atom is 0.224 e. The number of carbonyl (C=O) groups is 1. The van der Waals surface area contributed by atoms with Gasteiger partial charge in [0.1, 0.15) is 0 Å². The van der Waals surface area contributed by atoms with E-state index in [-0.39, 0.29) is 10.7 Å². The van der Waals surface area contributed by atoms with E-state index >= 15 is 0 Å². The molecule has 2 nitrogen and oxygen atoms in total. The number of benzene rings is 2. The van der Waals surface area contributed by atoms with Crippen LogP contribution in [0.2, 0.25) is 5.02 Å². The lowest BCUT2D eigenvalue weighted by molar-refractivity contribution is -0.116. The van der Waals surface area contributed by atoms with Gasteiger partial charge in [0.2, 0.25) is 5.91 Å². The van der Waals surface area contributed by atoms with Crippen LogP contribution in [0.3, 0.4) is 0 Å². The highest BCUT2D eigenvalue weighted by Gasteiger charge is 2.17. The second-order valence-corrected chi connectivity index (χ2v) is 6.81. The second kappa shape index (κ2) is 6.20. The Morgan fingerprint density at radius 2 is 2.05 bits per heavy atom. The van der Waals surface area contributed by atoms with Gasteiger partial charge in [-0.1, -0.05) is 51.8 Å². The number of carbonyl (C=O) groups excluding carboxylic acids is 1. The van der Waals surface area contributed by atoms with Crippen molar-refractivity contribution in [1.82, 2.24) is 0 Å². The van der Waals surface area contributed by atoms with E-state index in [2.05, 4.69) is 39.4 Å². The first-order valence-electron chi connectivity index (χ1n) is 6.93. The standard InChI is InChI=1S/C17H15BrClNO/c18-15(9-11-2-1-3-14(19)8-11)12-4-6-16-13(10-12)5-7-17(21)20-16/h1-4,6,8,10,15H,5,7,9H2,(H,20,21). The van der Waals surface area contributed by atoms with E-state index in [1.807, 2.05) is 24.3 Å². The molecule has 0 fully saturated rings. The second-order valence-electron chi connectivity index (χ2n) is 5.27. The topological polar surface area (TPSA) is 29.1 Å². The van der Waals surface area contributed by atoms with E-state index in [0.29, 0.717) is 6.42 Å². The molecule has 0 aromatic heterocycles. The summed E-state index contributed by atoms with van der Waals surface area (Å²) in [6.45, 7) is 0. The third kappa shape index (κ3) is 3.47. The number of hydrogen-bond donors (Lipinski definition) is 1. The average molecular weight is 365 g/mol. The van der Waals surface area contributed by atoms with Gasteiger partial charge < -0.3 is 5.32 Å². The van der Waals surface area contributed by atoms with Gasteiger partial charge in [0.05, 0.1) is 0 Å². The summed E-state index contributed by atoms with van der Waals surface area (Å²) >= 11 is 9.78. The molecule has 0 saturated heterocycles. The SMILES string of the molecule is O=C1CCc2cc(C(Br)Cc3cccc(Cl)c3)ccc2N1. The first-order chi connectivity index (χ1) is 10.1. The Labute approximate surface area is 137 Å². The van der Waals surface area contributed by atoms with Crippen molar-refractivity contribution in [1.29, 1.82) is 0 Å². The molecule has 1 aliphatic heterocycles. The molecule has 0 aliphatic carbocycles. The largest absolute Gasteiger partial charge is 0.326 e. The zero-order chi connectivity index (χ0) is 14.8. The molecule has 3 rings (SSSR count). The minimum Gasteiger partial charge on any atom is -0.326 e. The van der Waals surface area contributed by atoms with Crippen LogP contribution in [0.1, 0.15) is 27.9 Å². The van der Waals surface area contributed by atoms with Crippen molar-refractivity contribution in [3.63, 3.8) is 0 Å². The highest BCUT2D eigenvalue weighted by atomic mass is 79.9. The van der Waals surface area contributed by atoms with Gasteiger partial charge in [0.15, 0.2) is 0 Å². The molecule has 0 spiro atoms. The van der Waals surface area contributed by atoms with Crippen molar-refractivity contribution < 1.29 is 4.79 Å². The van der Waals surface area contributed by atoms with Crippen molar-refractivity contribution in [2.75, 3.05) is 5.32 Å². The first kappa shape index (κ1) is 14.6. The summed E-state index contributed by atoms with van der Waals surface area (Å²) in [5, 5.41) is 3.68. The Kier molecular flexibility index (Phi) is 4.32. The maximum atomic E-state index is 11.4. The molecule has 1 atom stereocenters. The quantitative estimate of drug-likeness (QED) is 0.771. The van der Waals surface area contributed by atoms with Crippen molar-refractivity contribution in [2.45, 2.75) is 24.1 Å². The molecule has 1 amide bonds. The Morgan fingerprint density at radius 1 is 1.19 bits per heavy atom. The van der Waals surface area contributed by atoms with Crippen LogP contribution in [0.5, 0.6) is 0 Å². The van der Waals surface area contributed by atoms with Crippen LogP contribution in [0.4, 0.5) is 5.69 Å². The minimum atomic E-state index is 0.101. The summed E-state index contributed by atoms with van der Waals surface area (Å²) in [6.07, 6.45) is 2.26. The van der Waals surface area contributed by atoms with E-state index in [4.69, 9.17) is 11.6 Å². The van der Waals surface area contributed by atoms with Crippen molar-refractivity contribution in [2.24, 2.45) is 0 Å². The summed E-state index contributed by atoms with van der Waals surface area (Å²) in [7, 11) is 0. The third-order valence-electron chi connectivity index (χ3n) is 3.69. The van der Waals surface area contributed by atoms with Crippen LogP contribution in [0.25, 0.3) is 0 Å². The molecule has 0 bridgehead atoms. The highest BCUT2D eigenvalue weighted by Crippen LogP contribution is 2.32. The molecule has 1 aliphatic rings. The van der Waals surface area contributed by atoms with Crippen LogP contribution < -0.4 is 5.32 Å². The number of hydrogen-bond acceptors (Lipinski definition) is 1. The third-order valence-corrected chi connectivity index (χ3v) is 4.78. The number of fused-ring (bicyclic) bond motifs is 1. The molecule has 1 unspecified atom stereocenters. The highest BCUT2D eigenvalue weighted by molar-refractivity contribution is 9.09. The Balaban J connectivity index is 1.79. The molecule has 108 valence electrons. The van der Waals surface area contributed by atoms with Gasteiger partial charge in [0, 0.05) is 22.0 Å². The van der Waals surface area contributed by atoms with Crippen molar-refractivity contribution in [3.8, 4) is 0 Å². The lowest BCUT2D eigenvalue weighted by atomic mass is 9.97. The first-order valence-corrected chi connectivity index (χ1v) is 8.22. The molecule has 0 radical (unpaired) electrons. The Hall–Kier alpha value is -1.32. The number of halogens is 2. The van der Waals surface area contributed by atoms with Gasteiger partial charge in [0.25, 0.3) is 0 Å². The molecule has 2 aromatic rings. The molecule has 4 heteroatoms. The van der Waals surface area contributed by atoms with E-state index in [0.717, 1.165) is 23.6 Å². The fourth-order valence-electron chi connectivity index (χ4n) is 2.59. The van der Waals surface area contributed by atoms with Gasteiger partial charge in [-0.2, -0.15) is 0 Å². The average Bonchev–Trinajstić information content (AvgIpc) is 2.46. The molecule has 1 heterocycles. The Morgan fingerprint density at radius 3 is 2.86 bits per heavy atom. The van der Waals surface area contributed by atoms with Crippen LogP contribution in [0.15, 0.2) is 42.5 Å². The fraction of sp³-hybridized carbons (Fsp3) is 0.235. The van der Waals surface area contributed by atoms with Gasteiger partial charge in [-0.25, -0.2) is 0 Å². The molecule has 1 N–H and O–H groups in total. The van der Waals surface area contributed by atoms with Crippen LogP contribution in [0, 0.1) is 0 Å². The molecular weight excluding hydrogens is 350 g/mol. The van der Waals surface area contributed by atoms with Crippen molar-refractivity contribution in [3.05, 3.63) is 64.2 Å². The van der Waals surface area contributed by atoms with E-state index in [1.54, 1.807) is 0 Å². The maximum absolute atomic E-state index is 11.4. The zero-order valence-electron chi connectivity index (χ0n) is 11.4. The molecule has 2 aromatic carbocycles. The number of anilines is 1. The zero-order valence-corrected chi connectivity index (χ0v) is 13.7. The normalized spacial score (nSPS) is 15.2. The van der Waals surface area contributed by atoms with E-state index in [9.17, 15) is 4.79 Å². The minimum absolute atomic E-state index is 0.101. The van der Waals surface area contributed by atoms with Gasteiger partial charge in [-0.15, -0.1) is 0 Å².